The second kappa shape index (κ2) is 5.83. The van der Waals surface area contributed by atoms with E-state index in [9.17, 15) is 0 Å². The molecule has 0 saturated heterocycles. The van der Waals surface area contributed by atoms with E-state index in [0.29, 0.717) is 0 Å². The summed E-state index contributed by atoms with van der Waals surface area (Å²) in [4.78, 5) is 0. The van der Waals surface area contributed by atoms with Crippen LogP contribution in [0.3, 0.4) is 0 Å². The van der Waals surface area contributed by atoms with E-state index in [-0.39, 0.29) is 0 Å². The zero-order chi connectivity index (χ0) is 14.7. The van der Waals surface area contributed by atoms with Crippen LogP contribution in [0.1, 0.15) is 16.7 Å². The molecular weight excluding hydrogens is 258 g/mol. The largest absolute Gasteiger partial charge is 0.381 e. The number of aryl methyl sites for hydroxylation is 1. The standard InChI is InChI=1S/C18H19N3/c1-14-5-3-6-18(15(14)2)19-13-16-7-9-17(10-8-16)21-12-4-11-20-21/h3-12,19H,13H2,1-2H3. The molecule has 0 fully saturated rings. The number of hydrogen-bond donors (Lipinski definition) is 1. The van der Waals surface area contributed by atoms with Crippen LogP contribution in [0.15, 0.2) is 60.9 Å². The number of rotatable bonds is 4. The van der Waals surface area contributed by atoms with Crippen molar-refractivity contribution < 1.29 is 0 Å². The normalized spacial score (nSPS) is 10.6. The Kier molecular flexibility index (Phi) is 3.73. The summed E-state index contributed by atoms with van der Waals surface area (Å²) in [5.41, 5.74) is 6.16. The highest BCUT2D eigenvalue weighted by Crippen LogP contribution is 2.19. The molecule has 1 N–H and O–H groups in total. The predicted octanol–water partition coefficient (Wildman–Crippen LogP) is 4.10. The molecule has 0 radical (unpaired) electrons. The second-order valence-electron chi connectivity index (χ2n) is 5.22. The van der Waals surface area contributed by atoms with Gasteiger partial charge in [-0.1, -0.05) is 24.3 Å². The average Bonchev–Trinajstić information content (AvgIpc) is 3.04. The highest BCUT2D eigenvalue weighted by atomic mass is 15.3. The molecule has 0 unspecified atom stereocenters. The van der Waals surface area contributed by atoms with Crippen molar-refractivity contribution in [2.75, 3.05) is 5.32 Å². The minimum absolute atomic E-state index is 0.823. The topological polar surface area (TPSA) is 29.9 Å². The van der Waals surface area contributed by atoms with E-state index < -0.39 is 0 Å². The van der Waals surface area contributed by atoms with Crippen molar-refractivity contribution in [2.45, 2.75) is 20.4 Å². The summed E-state index contributed by atoms with van der Waals surface area (Å²) in [5, 5.41) is 7.73. The molecule has 0 spiro atoms. The van der Waals surface area contributed by atoms with Crippen LogP contribution in [-0.2, 0) is 6.54 Å². The summed E-state index contributed by atoms with van der Waals surface area (Å²) in [6, 6.07) is 16.7. The molecule has 106 valence electrons. The highest BCUT2D eigenvalue weighted by molar-refractivity contribution is 5.54. The number of nitrogens with one attached hydrogen (secondary N) is 1. The molecule has 3 heteroatoms. The Hall–Kier alpha value is -2.55. The molecule has 0 saturated carbocycles. The molecule has 1 aromatic heterocycles. The monoisotopic (exact) mass is 277 g/mol. The number of hydrogen-bond acceptors (Lipinski definition) is 2. The molecule has 3 nitrogen and oxygen atoms in total. The maximum absolute atomic E-state index is 4.23. The lowest BCUT2D eigenvalue weighted by Gasteiger charge is -2.12. The molecule has 0 aliphatic heterocycles. The molecule has 0 aliphatic carbocycles. The Morgan fingerprint density at radius 3 is 2.52 bits per heavy atom. The molecule has 3 aromatic rings. The number of anilines is 1. The van der Waals surface area contributed by atoms with Crippen molar-refractivity contribution in [3.05, 3.63) is 77.6 Å². The maximum atomic E-state index is 4.23. The van der Waals surface area contributed by atoms with Gasteiger partial charge in [0.2, 0.25) is 0 Å². The van der Waals surface area contributed by atoms with E-state index in [2.05, 4.69) is 66.7 Å². The van der Waals surface area contributed by atoms with Gasteiger partial charge in [-0.2, -0.15) is 5.10 Å². The third-order valence-electron chi connectivity index (χ3n) is 3.79. The first-order valence-corrected chi connectivity index (χ1v) is 7.13. The van der Waals surface area contributed by atoms with Crippen LogP contribution in [0.4, 0.5) is 5.69 Å². The first-order valence-electron chi connectivity index (χ1n) is 7.13. The van der Waals surface area contributed by atoms with Crippen molar-refractivity contribution in [1.29, 1.82) is 0 Å². The third-order valence-corrected chi connectivity index (χ3v) is 3.79. The van der Waals surface area contributed by atoms with E-state index in [0.717, 1.165) is 12.2 Å². The maximum Gasteiger partial charge on any atom is 0.0645 e. The van der Waals surface area contributed by atoms with Crippen molar-refractivity contribution in [2.24, 2.45) is 0 Å². The molecule has 0 atom stereocenters. The lowest BCUT2D eigenvalue weighted by Crippen LogP contribution is -2.02. The molecule has 2 aromatic carbocycles. The minimum Gasteiger partial charge on any atom is -0.381 e. The zero-order valence-electron chi connectivity index (χ0n) is 12.4. The van der Waals surface area contributed by atoms with Gasteiger partial charge in [-0.3, -0.25) is 0 Å². The van der Waals surface area contributed by atoms with Crippen LogP contribution in [0.2, 0.25) is 0 Å². The van der Waals surface area contributed by atoms with Crippen molar-refractivity contribution in [1.82, 2.24) is 9.78 Å². The van der Waals surface area contributed by atoms with Crippen LogP contribution in [-0.4, -0.2) is 9.78 Å². The van der Waals surface area contributed by atoms with Crippen LogP contribution in [0.25, 0.3) is 5.69 Å². The van der Waals surface area contributed by atoms with E-state index in [4.69, 9.17) is 0 Å². The van der Waals surface area contributed by atoms with Gasteiger partial charge in [0.15, 0.2) is 0 Å². The SMILES string of the molecule is Cc1cccc(NCc2ccc(-n3cccn3)cc2)c1C. The van der Waals surface area contributed by atoms with Crippen molar-refractivity contribution in [3.8, 4) is 5.69 Å². The molecule has 3 rings (SSSR count). The summed E-state index contributed by atoms with van der Waals surface area (Å²) in [6.45, 7) is 5.11. The second-order valence-corrected chi connectivity index (χ2v) is 5.22. The Morgan fingerprint density at radius 2 is 1.81 bits per heavy atom. The third kappa shape index (κ3) is 2.97. The Bertz CT molecular complexity index is 713. The number of nitrogens with zero attached hydrogens (tertiary/aromatic N) is 2. The van der Waals surface area contributed by atoms with E-state index >= 15 is 0 Å². The fraction of sp³-hybridized carbons (Fsp3) is 0.167. The number of benzene rings is 2. The van der Waals surface area contributed by atoms with Crippen molar-refractivity contribution >= 4 is 5.69 Å². The summed E-state index contributed by atoms with van der Waals surface area (Å²) in [7, 11) is 0. The number of aromatic nitrogens is 2. The Labute approximate surface area is 125 Å². The van der Waals surface area contributed by atoms with Gasteiger partial charge in [-0.15, -0.1) is 0 Å². The zero-order valence-corrected chi connectivity index (χ0v) is 12.4. The van der Waals surface area contributed by atoms with Gasteiger partial charge in [0.05, 0.1) is 5.69 Å². The van der Waals surface area contributed by atoms with E-state index in [1.54, 1.807) is 6.20 Å². The first kappa shape index (κ1) is 13.4. The molecular formula is C18H19N3. The fourth-order valence-corrected chi connectivity index (χ4v) is 2.33. The van der Waals surface area contributed by atoms with Gasteiger partial charge >= 0.3 is 0 Å². The first-order chi connectivity index (χ1) is 10.2. The smallest absolute Gasteiger partial charge is 0.0645 e. The van der Waals surface area contributed by atoms with Gasteiger partial charge in [-0.05, 0) is 54.8 Å². The summed E-state index contributed by atoms with van der Waals surface area (Å²) >= 11 is 0. The highest BCUT2D eigenvalue weighted by Gasteiger charge is 2.01. The fourth-order valence-electron chi connectivity index (χ4n) is 2.33. The summed E-state index contributed by atoms with van der Waals surface area (Å²) in [6.07, 6.45) is 3.74. The lowest BCUT2D eigenvalue weighted by molar-refractivity contribution is 0.879. The van der Waals surface area contributed by atoms with Gasteiger partial charge in [-0.25, -0.2) is 4.68 Å². The summed E-state index contributed by atoms with van der Waals surface area (Å²) in [5.74, 6) is 0. The van der Waals surface area contributed by atoms with E-state index in [1.807, 2.05) is 16.9 Å². The van der Waals surface area contributed by atoms with Gasteiger partial charge in [0.1, 0.15) is 0 Å². The van der Waals surface area contributed by atoms with Gasteiger partial charge in [0, 0.05) is 24.6 Å². The molecule has 21 heavy (non-hydrogen) atoms. The average molecular weight is 277 g/mol. The summed E-state index contributed by atoms with van der Waals surface area (Å²) < 4.78 is 1.86. The predicted molar refractivity (Wildman–Crippen MR) is 86.8 cm³/mol. The van der Waals surface area contributed by atoms with Crippen LogP contribution >= 0.6 is 0 Å². The van der Waals surface area contributed by atoms with Gasteiger partial charge in [0.25, 0.3) is 0 Å². The minimum atomic E-state index is 0.823. The molecule has 0 amide bonds. The molecule has 1 heterocycles. The molecule has 0 bridgehead atoms. The van der Waals surface area contributed by atoms with Crippen LogP contribution in [0, 0.1) is 13.8 Å². The van der Waals surface area contributed by atoms with Crippen LogP contribution in [0.5, 0.6) is 0 Å². The molecule has 0 aliphatic rings. The lowest BCUT2D eigenvalue weighted by atomic mass is 10.1. The Morgan fingerprint density at radius 1 is 1.00 bits per heavy atom. The van der Waals surface area contributed by atoms with Crippen molar-refractivity contribution in [3.63, 3.8) is 0 Å². The van der Waals surface area contributed by atoms with Crippen LogP contribution < -0.4 is 5.32 Å². The Balaban J connectivity index is 1.70. The van der Waals surface area contributed by atoms with E-state index in [1.165, 1.54) is 22.4 Å². The quantitative estimate of drug-likeness (QED) is 0.778. The van der Waals surface area contributed by atoms with Gasteiger partial charge < -0.3 is 5.32 Å².